The first-order chi connectivity index (χ1) is 12.3. The molecule has 0 heterocycles. The number of sulfonamides is 1. The number of hydrogen-bond acceptors (Lipinski definition) is 4. The number of rotatable bonds is 8. The Bertz CT molecular complexity index is 874. The van der Waals surface area contributed by atoms with Gasteiger partial charge in [-0.2, -0.15) is 0 Å². The van der Waals surface area contributed by atoms with E-state index in [0.29, 0.717) is 29.9 Å². The maximum atomic E-state index is 13.2. The van der Waals surface area contributed by atoms with E-state index < -0.39 is 15.8 Å². The molecule has 0 aromatic heterocycles. The summed E-state index contributed by atoms with van der Waals surface area (Å²) in [6, 6.07) is 9.58. The standard InChI is InChI=1S/C18H22FN3O3S.ClH/c1-3-20-10-11-21-18(23)14-4-7-16(8-5-14)22-26(24,25)17-9-6-15(19)12-13(17)2;/h4-9,12,20,22H,3,10-11H2,1-2H3,(H,21,23);1H. The molecule has 148 valence electrons. The number of amides is 1. The largest absolute Gasteiger partial charge is 0.351 e. The van der Waals surface area contributed by atoms with Crippen LogP contribution >= 0.6 is 12.4 Å². The summed E-state index contributed by atoms with van der Waals surface area (Å²) in [4.78, 5) is 12.0. The summed E-state index contributed by atoms with van der Waals surface area (Å²) in [5.74, 6) is -0.724. The number of anilines is 1. The van der Waals surface area contributed by atoms with Crippen LogP contribution in [0.15, 0.2) is 47.4 Å². The first-order valence-electron chi connectivity index (χ1n) is 8.21. The molecule has 0 aliphatic heterocycles. The molecule has 6 nitrogen and oxygen atoms in total. The van der Waals surface area contributed by atoms with Crippen LogP contribution < -0.4 is 15.4 Å². The molecule has 0 spiro atoms. The molecule has 0 unspecified atom stereocenters. The lowest BCUT2D eigenvalue weighted by Gasteiger charge is -2.11. The summed E-state index contributed by atoms with van der Waals surface area (Å²) in [6.45, 7) is 5.52. The molecule has 0 atom stereocenters. The fraction of sp³-hybridized carbons (Fsp3) is 0.278. The summed E-state index contributed by atoms with van der Waals surface area (Å²) in [6.07, 6.45) is 0. The van der Waals surface area contributed by atoms with E-state index in [1.807, 2.05) is 6.92 Å². The topological polar surface area (TPSA) is 87.3 Å². The molecule has 0 saturated heterocycles. The van der Waals surface area contributed by atoms with Crippen LogP contribution in [0.2, 0.25) is 0 Å². The molecule has 0 aliphatic rings. The first-order valence-corrected chi connectivity index (χ1v) is 9.70. The molecule has 3 N–H and O–H groups in total. The lowest BCUT2D eigenvalue weighted by atomic mass is 10.2. The molecule has 0 saturated carbocycles. The predicted octanol–water partition coefficient (Wildman–Crippen LogP) is 2.70. The van der Waals surface area contributed by atoms with E-state index in [-0.39, 0.29) is 23.2 Å². The second-order valence-electron chi connectivity index (χ2n) is 5.70. The van der Waals surface area contributed by atoms with E-state index >= 15 is 0 Å². The Labute approximate surface area is 165 Å². The molecule has 2 aromatic rings. The smallest absolute Gasteiger partial charge is 0.262 e. The Kier molecular flexibility index (Phi) is 8.68. The van der Waals surface area contributed by atoms with Crippen molar-refractivity contribution in [2.75, 3.05) is 24.4 Å². The number of benzene rings is 2. The van der Waals surface area contributed by atoms with Gasteiger partial charge in [0.2, 0.25) is 0 Å². The van der Waals surface area contributed by atoms with E-state index in [1.165, 1.54) is 37.3 Å². The van der Waals surface area contributed by atoms with E-state index in [2.05, 4.69) is 15.4 Å². The Morgan fingerprint density at radius 2 is 1.74 bits per heavy atom. The molecular formula is C18H23ClFN3O3S. The summed E-state index contributed by atoms with van der Waals surface area (Å²) in [5.41, 5.74) is 1.06. The van der Waals surface area contributed by atoms with E-state index in [9.17, 15) is 17.6 Å². The number of carbonyl (C=O) groups is 1. The summed E-state index contributed by atoms with van der Waals surface area (Å²) in [7, 11) is -3.84. The van der Waals surface area contributed by atoms with Gasteiger partial charge in [0, 0.05) is 24.3 Å². The number of halogens is 2. The number of aryl methyl sites for hydroxylation is 1. The Morgan fingerprint density at radius 1 is 1.07 bits per heavy atom. The molecule has 2 aromatic carbocycles. The van der Waals surface area contributed by atoms with Crippen LogP contribution in [0.25, 0.3) is 0 Å². The zero-order valence-electron chi connectivity index (χ0n) is 15.1. The number of nitrogens with one attached hydrogen (secondary N) is 3. The molecule has 0 fully saturated rings. The molecule has 0 radical (unpaired) electrons. The van der Waals surface area contributed by atoms with Crippen molar-refractivity contribution in [2.45, 2.75) is 18.7 Å². The number of likely N-dealkylation sites (N-methyl/N-ethyl adjacent to an activating group) is 1. The van der Waals surface area contributed by atoms with Gasteiger partial charge >= 0.3 is 0 Å². The number of carbonyl (C=O) groups excluding carboxylic acids is 1. The Hall–Kier alpha value is -2.16. The Morgan fingerprint density at radius 3 is 2.33 bits per heavy atom. The van der Waals surface area contributed by atoms with Gasteiger partial charge in [0.05, 0.1) is 4.90 Å². The van der Waals surface area contributed by atoms with E-state index in [4.69, 9.17) is 0 Å². The third-order valence-corrected chi connectivity index (χ3v) is 5.20. The van der Waals surface area contributed by atoms with Crippen LogP contribution in [0.4, 0.5) is 10.1 Å². The van der Waals surface area contributed by atoms with Crippen LogP contribution in [0.3, 0.4) is 0 Å². The van der Waals surface area contributed by atoms with Gasteiger partial charge in [0.1, 0.15) is 5.82 Å². The van der Waals surface area contributed by atoms with Gasteiger partial charge in [-0.25, -0.2) is 12.8 Å². The van der Waals surface area contributed by atoms with Gasteiger partial charge in [0.25, 0.3) is 15.9 Å². The van der Waals surface area contributed by atoms with Crippen molar-refractivity contribution < 1.29 is 17.6 Å². The van der Waals surface area contributed by atoms with Crippen molar-refractivity contribution in [3.8, 4) is 0 Å². The first kappa shape index (κ1) is 22.9. The van der Waals surface area contributed by atoms with Crippen LogP contribution in [-0.2, 0) is 10.0 Å². The maximum absolute atomic E-state index is 13.2. The third kappa shape index (κ3) is 6.50. The zero-order chi connectivity index (χ0) is 19.2. The molecule has 0 bridgehead atoms. The quantitative estimate of drug-likeness (QED) is 0.578. The summed E-state index contributed by atoms with van der Waals surface area (Å²) < 4.78 is 40.5. The third-order valence-electron chi connectivity index (χ3n) is 3.66. The van der Waals surface area contributed by atoms with Gasteiger partial charge in [-0.05, 0) is 61.5 Å². The highest BCUT2D eigenvalue weighted by Gasteiger charge is 2.17. The summed E-state index contributed by atoms with van der Waals surface area (Å²) >= 11 is 0. The second-order valence-corrected chi connectivity index (χ2v) is 7.35. The zero-order valence-corrected chi connectivity index (χ0v) is 16.7. The van der Waals surface area contributed by atoms with Crippen molar-refractivity contribution in [2.24, 2.45) is 0 Å². The van der Waals surface area contributed by atoms with E-state index in [1.54, 1.807) is 0 Å². The lowest BCUT2D eigenvalue weighted by Crippen LogP contribution is -2.31. The van der Waals surface area contributed by atoms with Gasteiger partial charge < -0.3 is 10.6 Å². The van der Waals surface area contributed by atoms with Gasteiger partial charge in [-0.3, -0.25) is 9.52 Å². The van der Waals surface area contributed by atoms with E-state index in [0.717, 1.165) is 18.7 Å². The van der Waals surface area contributed by atoms with Crippen LogP contribution in [0, 0.1) is 12.7 Å². The fourth-order valence-electron chi connectivity index (χ4n) is 2.36. The number of hydrogen-bond donors (Lipinski definition) is 3. The average molecular weight is 416 g/mol. The molecule has 9 heteroatoms. The second kappa shape index (κ2) is 10.2. The highest BCUT2D eigenvalue weighted by molar-refractivity contribution is 7.92. The van der Waals surface area contributed by atoms with Crippen molar-refractivity contribution >= 4 is 34.0 Å². The van der Waals surface area contributed by atoms with Crippen molar-refractivity contribution in [3.05, 3.63) is 59.4 Å². The fourth-order valence-corrected chi connectivity index (χ4v) is 3.64. The van der Waals surface area contributed by atoms with Crippen LogP contribution in [0.5, 0.6) is 0 Å². The molecule has 1 amide bonds. The van der Waals surface area contributed by atoms with Crippen molar-refractivity contribution in [1.82, 2.24) is 10.6 Å². The molecule has 27 heavy (non-hydrogen) atoms. The minimum atomic E-state index is -3.84. The maximum Gasteiger partial charge on any atom is 0.262 e. The van der Waals surface area contributed by atoms with Gasteiger partial charge in [-0.1, -0.05) is 6.92 Å². The SMILES string of the molecule is CCNCCNC(=O)c1ccc(NS(=O)(=O)c2ccc(F)cc2C)cc1.Cl. The normalized spacial score (nSPS) is 10.8. The van der Waals surface area contributed by atoms with Crippen molar-refractivity contribution in [3.63, 3.8) is 0 Å². The molecular weight excluding hydrogens is 393 g/mol. The Balaban J connectivity index is 0.00000364. The van der Waals surface area contributed by atoms with Crippen molar-refractivity contribution in [1.29, 1.82) is 0 Å². The van der Waals surface area contributed by atoms with Crippen LogP contribution in [-0.4, -0.2) is 34.0 Å². The minimum absolute atomic E-state index is 0. The van der Waals surface area contributed by atoms with Crippen LogP contribution in [0.1, 0.15) is 22.8 Å². The van der Waals surface area contributed by atoms with Gasteiger partial charge in [-0.15, -0.1) is 12.4 Å². The monoisotopic (exact) mass is 415 g/mol. The average Bonchev–Trinajstić information content (AvgIpc) is 2.58. The lowest BCUT2D eigenvalue weighted by molar-refractivity contribution is 0.0954. The minimum Gasteiger partial charge on any atom is -0.351 e. The predicted molar refractivity (Wildman–Crippen MR) is 107 cm³/mol. The molecule has 2 rings (SSSR count). The van der Waals surface area contributed by atoms with Gasteiger partial charge in [0.15, 0.2) is 0 Å². The highest BCUT2D eigenvalue weighted by Crippen LogP contribution is 2.20. The highest BCUT2D eigenvalue weighted by atomic mass is 35.5. The summed E-state index contributed by atoms with van der Waals surface area (Å²) in [5, 5.41) is 5.86. The molecule has 0 aliphatic carbocycles.